The fourth-order valence-electron chi connectivity index (χ4n) is 4.58. The van der Waals surface area contributed by atoms with E-state index in [0.717, 1.165) is 18.4 Å². The number of nitrogens with zero attached hydrogens (tertiary/aromatic N) is 1. The van der Waals surface area contributed by atoms with Gasteiger partial charge in [0.05, 0.1) is 32.4 Å². The predicted octanol–water partition coefficient (Wildman–Crippen LogP) is 5.55. The average Bonchev–Trinajstić information content (AvgIpc) is 3.21. The molecule has 1 unspecified atom stereocenters. The maximum absolute atomic E-state index is 13.4. The summed E-state index contributed by atoms with van der Waals surface area (Å²) in [5.74, 6) is -0.0357. The van der Waals surface area contributed by atoms with Crippen LogP contribution in [0.3, 0.4) is 0 Å². The summed E-state index contributed by atoms with van der Waals surface area (Å²) in [6, 6.07) is 21.1. The molecule has 1 fully saturated rings. The van der Waals surface area contributed by atoms with E-state index in [0.29, 0.717) is 47.9 Å². The lowest BCUT2D eigenvalue weighted by Gasteiger charge is -2.26. The van der Waals surface area contributed by atoms with Crippen molar-refractivity contribution in [1.29, 1.82) is 0 Å². The van der Waals surface area contributed by atoms with Gasteiger partial charge >= 0.3 is 0 Å². The Hall–Kier alpha value is -4.26. The molecule has 38 heavy (non-hydrogen) atoms. The summed E-state index contributed by atoms with van der Waals surface area (Å²) in [6.07, 6.45) is 2.46. The van der Waals surface area contributed by atoms with Crippen molar-refractivity contribution in [3.8, 4) is 17.2 Å². The van der Waals surface area contributed by atoms with Crippen molar-refractivity contribution in [3.63, 3.8) is 0 Å². The van der Waals surface area contributed by atoms with Crippen LogP contribution in [0, 0.1) is 0 Å². The molecule has 1 aliphatic rings. The van der Waals surface area contributed by atoms with E-state index in [-0.39, 0.29) is 11.3 Å². The second-order valence-corrected chi connectivity index (χ2v) is 9.07. The molecule has 1 amide bonds. The normalized spacial score (nSPS) is 16.5. The van der Waals surface area contributed by atoms with Gasteiger partial charge in [-0.05, 0) is 48.2 Å². The second kappa shape index (κ2) is 12.3. The van der Waals surface area contributed by atoms with E-state index >= 15 is 0 Å². The number of ketones is 1. The number of ether oxygens (including phenoxy) is 3. The van der Waals surface area contributed by atoms with Gasteiger partial charge in [-0.15, -0.1) is 0 Å². The molecule has 1 saturated heterocycles. The Morgan fingerprint density at radius 1 is 0.921 bits per heavy atom. The number of unbranched alkanes of at least 4 members (excludes halogenated alkanes) is 1. The standard InChI is InChI=1S/C31H33NO6/c1-4-5-18-38-25-15-14-22(20-26(25)37-3)28-27(29(33)23-12-9-13-24(19-23)36-2)30(34)31(35)32(28)17-16-21-10-7-6-8-11-21/h6-15,19-20,28,33H,4-5,16-18H2,1-3H3/b29-27+. The van der Waals surface area contributed by atoms with Gasteiger partial charge in [-0.25, -0.2) is 0 Å². The van der Waals surface area contributed by atoms with Gasteiger partial charge in [0.15, 0.2) is 11.5 Å². The topological polar surface area (TPSA) is 85.3 Å². The minimum atomic E-state index is -0.802. The van der Waals surface area contributed by atoms with Crippen LogP contribution in [0.4, 0.5) is 0 Å². The van der Waals surface area contributed by atoms with Crippen molar-refractivity contribution >= 4 is 17.4 Å². The Labute approximate surface area is 223 Å². The molecule has 1 atom stereocenters. The Balaban J connectivity index is 1.79. The monoisotopic (exact) mass is 515 g/mol. The molecule has 0 radical (unpaired) electrons. The van der Waals surface area contributed by atoms with E-state index < -0.39 is 17.7 Å². The minimum absolute atomic E-state index is 0.0259. The highest BCUT2D eigenvalue weighted by Crippen LogP contribution is 2.42. The number of likely N-dealkylation sites (tertiary alicyclic amines) is 1. The molecule has 0 aromatic heterocycles. The van der Waals surface area contributed by atoms with Gasteiger partial charge in [0.2, 0.25) is 0 Å². The third-order valence-corrected chi connectivity index (χ3v) is 6.63. The summed E-state index contributed by atoms with van der Waals surface area (Å²) in [4.78, 5) is 28.2. The predicted molar refractivity (Wildman–Crippen MR) is 146 cm³/mol. The zero-order chi connectivity index (χ0) is 27.1. The lowest BCUT2D eigenvalue weighted by molar-refractivity contribution is -0.139. The van der Waals surface area contributed by atoms with E-state index in [1.165, 1.54) is 12.0 Å². The van der Waals surface area contributed by atoms with Gasteiger partial charge in [0.1, 0.15) is 11.5 Å². The molecule has 3 aromatic rings. The number of carbonyl (C=O) groups is 2. The molecule has 1 N–H and O–H groups in total. The average molecular weight is 516 g/mol. The highest BCUT2D eigenvalue weighted by Gasteiger charge is 2.46. The number of Topliss-reactive ketones (excluding diaryl/α,β-unsaturated/α-hetero) is 1. The Kier molecular flexibility index (Phi) is 8.69. The molecule has 7 heteroatoms. The molecule has 3 aromatic carbocycles. The van der Waals surface area contributed by atoms with Crippen LogP contribution in [-0.4, -0.2) is 49.1 Å². The van der Waals surface area contributed by atoms with Gasteiger partial charge in [0, 0.05) is 12.1 Å². The van der Waals surface area contributed by atoms with Gasteiger partial charge in [0.25, 0.3) is 11.7 Å². The van der Waals surface area contributed by atoms with Crippen LogP contribution >= 0.6 is 0 Å². The quantitative estimate of drug-likeness (QED) is 0.156. The van der Waals surface area contributed by atoms with Crippen molar-refractivity contribution in [3.05, 3.63) is 95.1 Å². The highest BCUT2D eigenvalue weighted by molar-refractivity contribution is 6.46. The lowest BCUT2D eigenvalue weighted by atomic mass is 9.94. The van der Waals surface area contributed by atoms with Crippen LogP contribution in [0.5, 0.6) is 17.2 Å². The summed E-state index contributed by atoms with van der Waals surface area (Å²) in [5.41, 5.74) is 2.10. The molecule has 0 saturated carbocycles. The van der Waals surface area contributed by atoms with Gasteiger partial charge in [-0.1, -0.05) is 61.9 Å². The van der Waals surface area contributed by atoms with Crippen LogP contribution in [-0.2, 0) is 16.0 Å². The Bertz CT molecular complexity index is 1320. The van der Waals surface area contributed by atoms with Crippen molar-refractivity contribution in [2.24, 2.45) is 0 Å². The number of benzene rings is 3. The molecular formula is C31H33NO6. The van der Waals surface area contributed by atoms with Gasteiger partial charge < -0.3 is 24.2 Å². The maximum Gasteiger partial charge on any atom is 0.295 e. The number of carbonyl (C=O) groups excluding carboxylic acids is 2. The first-order valence-electron chi connectivity index (χ1n) is 12.8. The van der Waals surface area contributed by atoms with Crippen LogP contribution in [0.25, 0.3) is 5.76 Å². The number of rotatable bonds is 11. The molecule has 0 spiro atoms. The van der Waals surface area contributed by atoms with Crippen molar-refractivity contribution in [2.75, 3.05) is 27.4 Å². The van der Waals surface area contributed by atoms with Crippen LogP contribution in [0.15, 0.2) is 78.4 Å². The molecule has 7 nitrogen and oxygen atoms in total. The molecule has 198 valence electrons. The number of hydrogen-bond acceptors (Lipinski definition) is 6. The summed E-state index contributed by atoms with van der Waals surface area (Å²) in [6.45, 7) is 2.94. The maximum atomic E-state index is 13.4. The summed E-state index contributed by atoms with van der Waals surface area (Å²) < 4.78 is 16.8. The molecule has 1 heterocycles. The number of methoxy groups -OCH3 is 2. The van der Waals surface area contributed by atoms with E-state index in [4.69, 9.17) is 14.2 Å². The van der Waals surface area contributed by atoms with Crippen LogP contribution in [0.2, 0.25) is 0 Å². The van der Waals surface area contributed by atoms with E-state index in [1.54, 1.807) is 43.5 Å². The summed E-state index contributed by atoms with van der Waals surface area (Å²) >= 11 is 0. The molecule has 1 aliphatic heterocycles. The largest absolute Gasteiger partial charge is 0.507 e. The van der Waals surface area contributed by atoms with Crippen molar-refractivity contribution in [2.45, 2.75) is 32.2 Å². The first-order valence-corrected chi connectivity index (χ1v) is 12.8. The van der Waals surface area contributed by atoms with Crippen LogP contribution in [0.1, 0.15) is 42.5 Å². The van der Waals surface area contributed by atoms with Crippen molar-refractivity contribution in [1.82, 2.24) is 4.90 Å². The van der Waals surface area contributed by atoms with Crippen LogP contribution < -0.4 is 14.2 Å². The van der Waals surface area contributed by atoms with E-state index in [1.807, 2.05) is 36.4 Å². The first kappa shape index (κ1) is 26.8. The first-order chi connectivity index (χ1) is 18.5. The van der Waals surface area contributed by atoms with E-state index in [9.17, 15) is 14.7 Å². The molecule has 4 rings (SSSR count). The smallest absolute Gasteiger partial charge is 0.295 e. The molecular weight excluding hydrogens is 482 g/mol. The lowest BCUT2D eigenvalue weighted by Crippen LogP contribution is -2.31. The molecule has 0 aliphatic carbocycles. The van der Waals surface area contributed by atoms with Crippen molar-refractivity contribution < 1.29 is 28.9 Å². The zero-order valence-corrected chi connectivity index (χ0v) is 22.0. The SMILES string of the molecule is CCCCOc1ccc(C2/C(=C(\O)c3cccc(OC)c3)C(=O)C(=O)N2CCc2ccccc2)cc1OC. The fraction of sp³-hybridized carbons (Fsp3) is 0.290. The zero-order valence-electron chi connectivity index (χ0n) is 22.0. The number of amides is 1. The Morgan fingerprint density at radius 3 is 2.42 bits per heavy atom. The second-order valence-electron chi connectivity index (χ2n) is 9.07. The van der Waals surface area contributed by atoms with Gasteiger partial charge in [-0.3, -0.25) is 9.59 Å². The summed E-state index contributed by atoms with van der Waals surface area (Å²) in [7, 11) is 3.08. The van der Waals surface area contributed by atoms with Gasteiger partial charge in [-0.2, -0.15) is 0 Å². The number of aliphatic hydroxyl groups excluding tert-OH is 1. The third-order valence-electron chi connectivity index (χ3n) is 6.63. The highest BCUT2D eigenvalue weighted by atomic mass is 16.5. The summed E-state index contributed by atoms with van der Waals surface area (Å²) in [5, 5.41) is 11.4. The number of hydrogen-bond donors (Lipinski definition) is 1. The third kappa shape index (κ3) is 5.67. The number of aliphatic hydroxyl groups is 1. The fourth-order valence-corrected chi connectivity index (χ4v) is 4.58. The van der Waals surface area contributed by atoms with E-state index in [2.05, 4.69) is 6.92 Å². The molecule has 0 bridgehead atoms. The Morgan fingerprint density at radius 2 is 1.71 bits per heavy atom. The minimum Gasteiger partial charge on any atom is -0.507 e.